The minimum absolute atomic E-state index is 0.153. The van der Waals surface area contributed by atoms with E-state index >= 15 is 0 Å². The van der Waals surface area contributed by atoms with E-state index in [9.17, 15) is 9.18 Å². The van der Waals surface area contributed by atoms with E-state index in [1.807, 2.05) is 12.1 Å². The first-order chi connectivity index (χ1) is 16.6. The Balaban J connectivity index is 1.55. The second-order valence-corrected chi connectivity index (χ2v) is 8.34. The monoisotopic (exact) mass is 464 g/mol. The van der Waals surface area contributed by atoms with E-state index in [4.69, 9.17) is 9.47 Å². The van der Waals surface area contributed by atoms with Crippen molar-refractivity contribution in [3.8, 4) is 22.9 Å². The molecule has 34 heavy (non-hydrogen) atoms. The highest BCUT2D eigenvalue weighted by Gasteiger charge is 2.16. The zero-order chi connectivity index (χ0) is 24.2. The van der Waals surface area contributed by atoms with Crippen LogP contribution in [0.2, 0.25) is 0 Å². The summed E-state index contributed by atoms with van der Waals surface area (Å²) in [6.07, 6.45) is 11.9. The number of ether oxygens (including phenoxy) is 2. The highest BCUT2D eigenvalue weighted by Crippen LogP contribution is 2.21. The minimum atomic E-state index is -0.807. The van der Waals surface area contributed by atoms with Crippen molar-refractivity contribution < 1.29 is 18.7 Å². The number of aromatic nitrogens is 2. The van der Waals surface area contributed by atoms with Gasteiger partial charge < -0.3 is 9.47 Å². The topological polar surface area (TPSA) is 61.3 Å². The van der Waals surface area contributed by atoms with Crippen molar-refractivity contribution >= 4 is 5.97 Å². The van der Waals surface area contributed by atoms with Crippen LogP contribution in [-0.2, 0) is 6.42 Å². The van der Waals surface area contributed by atoms with Crippen molar-refractivity contribution in [2.45, 2.75) is 65.2 Å². The van der Waals surface area contributed by atoms with Crippen LogP contribution >= 0.6 is 0 Å². The van der Waals surface area contributed by atoms with Crippen LogP contribution in [-0.4, -0.2) is 22.5 Å². The molecule has 0 fully saturated rings. The Morgan fingerprint density at radius 1 is 0.853 bits per heavy atom. The van der Waals surface area contributed by atoms with Gasteiger partial charge in [-0.05, 0) is 37.0 Å². The zero-order valence-electron chi connectivity index (χ0n) is 20.1. The lowest BCUT2D eigenvalue weighted by Crippen LogP contribution is -2.11. The molecule has 0 spiro atoms. The molecular weight excluding hydrogens is 431 g/mol. The van der Waals surface area contributed by atoms with Crippen LogP contribution in [0.5, 0.6) is 11.5 Å². The summed E-state index contributed by atoms with van der Waals surface area (Å²) in [6, 6.07) is 12.3. The number of aryl methyl sites for hydroxylation is 1. The average molecular weight is 465 g/mol. The minimum Gasteiger partial charge on any atom is -0.493 e. The smallest absolute Gasteiger partial charge is 0.346 e. The molecule has 180 valence electrons. The second kappa shape index (κ2) is 13.4. The SMILES string of the molecule is CCCCCCc1ccc(-c2ncc(OC(=O)c3ccc(OCCCCC)cc3F)cn2)cc1. The van der Waals surface area contributed by atoms with Gasteiger partial charge in [-0.15, -0.1) is 0 Å². The normalized spacial score (nSPS) is 10.8. The Morgan fingerprint density at radius 2 is 1.56 bits per heavy atom. The maximum absolute atomic E-state index is 14.4. The highest BCUT2D eigenvalue weighted by atomic mass is 19.1. The summed E-state index contributed by atoms with van der Waals surface area (Å²) in [5.41, 5.74) is 2.01. The van der Waals surface area contributed by atoms with Crippen LogP contribution in [0.4, 0.5) is 4.39 Å². The molecule has 6 heteroatoms. The van der Waals surface area contributed by atoms with Gasteiger partial charge in [-0.2, -0.15) is 0 Å². The third-order valence-electron chi connectivity index (χ3n) is 5.55. The van der Waals surface area contributed by atoms with Gasteiger partial charge in [0.2, 0.25) is 0 Å². The van der Waals surface area contributed by atoms with Crippen molar-refractivity contribution in [1.82, 2.24) is 9.97 Å². The molecule has 0 N–H and O–H groups in total. The number of esters is 1. The van der Waals surface area contributed by atoms with Crippen LogP contribution in [0.3, 0.4) is 0 Å². The average Bonchev–Trinajstić information content (AvgIpc) is 2.85. The Kier molecular flexibility index (Phi) is 10.0. The molecule has 1 heterocycles. The summed E-state index contributed by atoms with van der Waals surface area (Å²) in [5, 5.41) is 0. The lowest BCUT2D eigenvalue weighted by atomic mass is 10.0. The van der Waals surface area contributed by atoms with Crippen LogP contribution in [0.15, 0.2) is 54.9 Å². The van der Waals surface area contributed by atoms with Gasteiger partial charge in [0, 0.05) is 11.6 Å². The fourth-order valence-corrected chi connectivity index (χ4v) is 3.55. The molecule has 0 saturated heterocycles. The van der Waals surface area contributed by atoms with Gasteiger partial charge in [-0.1, -0.05) is 70.2 Å². The fraction of sp³-hybridized carbons (Fsp3) is 0.393. The van der Waals surface area contributed by atoms with Crippen molar-refractivity contribution in [2.75, 3.05) is 6.61 Å². The van der Waals surface area contributed by atoms with Crippen molar-refractivity contribution in [1.29, 1.82) is 0 Å². The molecule has 0 amide bonds. The van der Waals surface area contributed by atoms with E-state index in [0.717, 1.165) is 31.2 Å². The number of benzene rings is 2. The van der Waals surface area contributed by atoms with Gasteiger partial charge in [-0.25, -0.2) is 19.2 Å². The van der Waals surface area contributed by atoms with Crippen LogP contribution in [0.25, 0.3) is 11.4 Å². The molecule has 0 unspecified atom stereocenters. The maximum Gasteiger partial charge on any atom is 0.346 e. The summed E-state index contributed by atoms with van der Waals surface area (Å²) in [4.78, 5) is 21.0. The molecule has 0 radical (unpaired) electrons. The van der Waals surface area contributed by atoms with Crippen molar-refractivity contribution in [3.05, 3.63) is 71.8 Å². The lowest BCUT2D eigenvalue weighted by molar-refractivity contribution is 0.0728. The van der Waals surface area contributed by atoms with Gasteiger partial charge >= 0.3 is 5.97 Å². The third kappa shape index (κ3) is 7.65. The Labute approximate surface area is 201 Å². The molecule has 3 aromatic rings. The van der Waals surface area contributed by atoms with Gasteiger partial charge in [-0.3, -0.25) is 0 Å². The van der Waals surface area contributed by atoms with E-state index in [1.54, 1.807) is 6.07 Å². The summed E-state index contributed by atoms with van der Waals surface area (Å²) >= 11 is 0. The van der Waals surface area contributed by atoms with Crippen LogP contribution < -0.4 is 9.47 Å². The number of nitrogens with zero attached hydrogens (tertiary/aromatic N) is 2. The molecule has 0 atom stereocenters. The molecule has 0 bridgehead atoms. The van der Waals surface area contributed by atoms with Gasteiger partial charge in [0.05, 0.1) is 24.6 Å². The largest absolute Gasteiger partial charge is 0.493 e. The second-order valence-electron chi connectivity index (χ2n) is 8.34. The molecular formula is C28H33FN2O3. The quantitative estimate of drug-likeness (QED) is 0.198. The van der Waals surface area contributed by atoms with E-state index in [0.29, 0.717) is 18.2 Å². The molecule has 3 rings (SSSR count). The first-order valence-corrected chi connectivity index (χ1v) is 12.2. The van der Waals surface area contributed by atoms with Crippen LogP contribution in [0.1, 0.15) is 74.7 Å². The summed E-state index contributed by atoms with van der Waals surface area (Å²) in [5.74, 6) is -0.414. The highest BCUT2D eigenvalue weighted by molar-refractivity contribution is 5.91. The van der Waals surface area contributed by atoms with E-state index in [-0.39, 0.29) is 11.3 Å². The number of hydrogen-bond acceptors (Lipinski definition) is 5. The number of carbonyl (C=O) groups excluding carboxylic acids is 1. The summed E-state index contributed by atoms with van der Waals surface area (Å²) < 4.78 is 25.2. The summed E-state index contributed by atoms with van der Waals surface area (Å²) in [7, 11) is 0. The Morgan fingerprint density at radius 3 is 2.24 bits per heavy atom. The standard InChI is InChI=1S/C28H33FN2O3/c1-3-5-7-8-10-21-11-13-22(14-12-21)27-30-19-24(20-31-27)34-28(32)25-16-15-23(18-26(25)29)33-17-9-6-4-2/h11-16,18-20H,3-10,17H2,1-2H3. The molecule has 0 aliphatic heterocycles. The molecule has 0 aliphatic rings. The fourth-order valence-electron chi connectivity index (χ4n) is 3.55. The maximum atomic E-state index is 14.4. The number of hydrogen-bond donors (Lipinski definition) is 0. The van der Waals surface area contributed by atoms with Crippen molar-refractivity contribution in [3.63, 3.8) is 0 Å². The number of rotatable bonds is 13. The summed E-state index contributed by atoms with van der Waals surface area (Å²) in [6.45, 7) is 4.83. The first kappa shape index (κ1) is 25.3. The van der Waals surface area contributed by atoms with Gasteiger partial charge in [0.25, 0.3) is 0 Å². The van der Waals surface area contributed by atoms with E-state index in [2.05, 4.69) is 35.9 Å². The zero-order valence-corrected chi connectivity index (χ0v) is 20.1. The molecule has 0 saturated carbocycles. The molecule has 1 aromatic heterocycles. The number of unbranched alkanes of at least 4 members (excludes halogenated alkanes) is 5. The number of carbonyl (C=O) groups is 1. The van der Waals surface area contributed by atoms with E-state index < -0.39 is 11.8 Å². The van der Waals surface area contributed by atoms with Crippen LogP contribution in [0, 0.1) is 5.82 Å². The van der Waals surface area contributed by atoms with Gasteiger partial charge in [0.15, 0.2) is 11.6 Å². The van der Waals surface area contributed by atoms with Gasteiger partial charge in [0.1, 0.15) is 11.6 Å². The predicted molar refractivity (Wildman–Crippen MR) is 132 cm³/mol. The molecule has 0 aliphatic carbocycles. The predicted octanol–water partition coefficient (Wildman–Crippen LogP) is 7.19. The molecule has 2 aromatic carbocycles. The van der Waals surface area contributed by atoms with E-state index in [1.165, 1.54) is 55.8 Å². The third-order valence-corrected chi connectivity index (χ3v) is 5.55. The first-order valence-electron chi connectivity index (χ1n) is 12.2. The Bertz CT molecular complexity index is 1040. The Hall–Kier alpha value is -3.28. The lowest BCUT2D eigenvalue weighted by Gasteiger charge is -2.09. The molecule has 5 nitrogen and oxygen atoms in total. The number of halogens is 1. The van der Waals surface area contributed by atoms with Crippen molar-refractivity contribution in [2.24, 2.45) is 0 Å².